The lowest BCUT2D eigenvalue weighted by molar-refractivity contribution is 0.0702. The summed E-state index contributed by atoms with van der Waals surface area (Å²) in [6.07, 6.45) is 0. The molecule has 0 unspecified atom stereocenters. The zero-order chi connectivity index (χ0) is 14.9. The van der Waals surface area contributed by atoms with Crippen LogP contribution in [0.4, 0.5) is 14.5 Å². The molecule has 5 nitrogen and oxygen atoms in total. The van der Waals surface area contributed by atoms with Crippen molar-refractivity contribution >= 4 is 33.0 Å². The maximum Gasteiger partial charge on any atom is 0.345 e. The van der Waals surface area contributed by atoms with E-state index in [-0.39, 0.29) is 9.09 Å². The molecule has 1 heterocycles. The Kier molecular flexibility index (Phi) is 3.73. The van der Waals surface area contributed by atoms with Gasteiger partial charge in [0.2, 0.25) is 0 Å². The standard InChI is InChI=1S/C11H7F2NO4S2/c12-6-1-2-8(7(13)5-6)14-20(17,18)10-4-3-9(19-10)11(15)16/h1-5,14H,(H,15,16). The summed E-state index contributed by atoms with van der Waals surface area (Å²) in [5, 5.41) is 8.72. The number of carboxylic acids is 1. The van der Waals surface area contributed by atoms with Crippen LogP contribution in [0.2, 0.25) is 0 Å². The predicted octanol–water partition coefficient (Wildman–Crippen LogP) is 2.53. The third-order valence-electron chi connectivity index (χ3n) is 2.23. The predicted molar refractivity (Wildman–Crippen MR) is 68.4 cm³/mol. The molecule has 0 radical (unpaired) electrons. The Morgan fingerprint density at radius 1 is 1.20 bits per heavy atom. The van der Waals surface area contributed by atoms with Crippen molar-refractivity contribution in [2.75, 3.05) is 4.72 Å². The fraction of sp³-hybridized carbons (Fsp3) is 0. The van der Waals surface area contributed by atoms with Gasteiger partial charge in [-0.25, -0.2) is 22.0 Å². The van der Waals surface area contributed by atoms with Gasteiger partial charge in [-0.05, 0) is 24.3 Å². The van der Waals surface area contributed by atoms with Crippen molar-refractivity contribution in [1.82, 2.24) is 0 Å². The van der Waals surface area contributed by atoms with Crippen molar-refractivity contribution in [1.29, 1.82) is 0 Å². The van der Waals surface area contributed by atoms with Crippen molar-refractivity contribution in [3.8, 4) is 0 Å². The molecule has 0 atom stereocenters. The molecular weight excluding hydrogens is 312 g/mol. The highest BCUT2D eigenvalue weighted by atomic mass is 32.2. The number of hydrogen-bond donors (Lipinski definition) is 2. The molecule has 106 valence electrons. The van der Waals surface area contributed by atoms with Crippen molar-refractivity contribution < 1.29 is 27.1 Å². The van der Waals surface area contributed by atoms with Crippen LogP contribution in [0.15, 0.2) is 34.5 Å². The van der Waals surface area contributed by atoms with Gasteiger partial charge in [-0.1, -0.05) is 0 Å². The summed E-state index contributed by atoms with van der Waals surface area (Å²) >= 11 is 0.530. The molecule has 2 aromatic rings. The van der Waals surface area contributed by atoms with E-state index in [0.29, 0.717) is 17.4 Å². The molecular formula is C11H7F2NO4S2. The van der Waals surface area contributed by atoms with Crippen LogP contribution >= 0.6 is 11.3 Å². The summed E-state index contributed by atoms with van der Waals surface area (Å²) in [6, 6.07) is 4.60. The largest absolute Gasteiger partial charge is 0.477 e. The Morgan fingerprint density at radius 2 is 1.90 bits per heavy atom. The Balaban J connectivity index is 2.33. The van der Waals surface area contributed by atoms with Crippen LogP contribution in [0, 0.1) is 11.6 Å². The molecule has 0 amide bonds. The Morgan fingerprint density at radius 3 is 2.45 bits per heavy atom. The van der Waals surface area contributed by atoms with Gasteiger partial charge < -0.3 is 5.11 Å². The summed E-state index contributed by atoms with van der Waals surface area (Å²) in [6.45, 7) is 0. The molecule has 1 aromatic heterocycles. The van der Waals surface area contributed by atoms with Crippen LogP contribution in [0.1, 0.15) is 9.67 Å². The molecule has 0 aliphatic heterocycles. The number of benzene rings is 1. The summed E-state index contributed by atoms with van der Waals surface area (Å²) < 4.78 is 51.6. The van der Waals surface area contributed by atoms with Gasteiger partial charge in [-0.3, -0.25) is 4.72 Å². The maximum absolute atomic E-state index is 13.4. The van der Waals surface area contributed by atoms with Gasteiger partial charge >= 0.3 is 5.97 Å². The van der Waals surface area contributed by atoms with Crippen LogP contribution in [-0.4, -0.2) is 19.5 Å². The first-order valence-electron chi connectivity index (χ1n) is 5.10. The minimum atomic E-state index is -4.12. The van der Waals surface area contributed by atoms with E-state index in [1.165, 1.54) is 0 Å². The van der Waals surface area contributed by atoms with E-state index >= 15 is 0 Å². The van der Waals surface area contributed by atoms with Crippen molar-refractivity contribution in [3.63, 3.8) is 0 Å². The monoisotopic (exact) mass is 319 g/mol. The molecule has 0 aliphatic rings. The van der Waals surface area contributed by atoms with Gasteiger partial charge in [-0.15, -0.1) is 11.3 Å². The van der Waals surface area contributed by atoms with E-state index in [0.717, 1.165) is 24.3 Å². The molecule has 1 aromatic carbocycles. The average molecular weight is 319 g/mol. The lowest BCUT2D eigenvalue weighted by Gasteiger charge is -2.07. The van der Waals surface area contributed by atoms with E-state index in [2.05, 4.69) is 0 Å². The minimum Gasteiger partial charge on any atom is -0.477 e. The van der Waals surface area contributed by atoms with Gasteiger partial charge in [0.1, 0.15) is 20.7 Å². The third-order valence-corrected chi connectivity index (χ3v) is 5.16. The molecule has 2 N–H and O–H groups in total. The topological polar surface area (TPSA) is 83.5 Å². The number of carboxylic acid groups (broad SMARTS) is 1. The summed E-state index contributed by atoms with van der Waals surface area (Å²) in [5.74, 6) is -3.16. The Labute approximate surface area is 116 Å². The SMILES string of the molecule is O=C(O)c1ccc(S(=O)(=O)Nc2ccc(F)cc2F)s1. The highest BCUT2D eigenvalue weighted by molar-refractivity contribution is 7.94. The first-order valence-corrected chi connectivity index (χ1v) is 7.40. The number of hydrogen-bond acceptors (Lipinski definition) is 4. The van der Waals surface area contributed by atoms with Crippen LogP contribution in [0.25, 0.3) is 0 Å². The number of carbonyl (C=O) groups is 1. The second-order valence-electron chi connectivity index (χ2n) is 3.65. The quantitative estimate of drug-likeness (QED) is 0.907. The Bertz CT molecular complexity index is 770. The number of sulfonamides is 1. The molecule has 2 rings (SSSR count). The minimum absolute atomic E-state index is 0.162. The van der Waals surface area contributed by atoms with E-state index in [4.69, 9.17) is 5.11 Å². The van der Waals surface area contributed by atoms with Crippen LogP contribution in [0.3, 0.4) is 0 Å². The lowest BCUT2D eigenvalue weighted by Crippen LogP contribution is -2.12. The number of rotatable bonds is 4. The van der Waals surface area contributed by atoms with E-state index in [1.807, 2.05) is 4.72 Å². The summed E-state index contributed by atoms with van der Waals surface area (Å²) in [4.78, 5) is 10.5. The summed E-state index contributed by atoms with van der Waals surface area (Å²) in [5.41, 5.74) is -0.420. The second-order valence-corrected chi connectivity index (χ2v) is 6.65. The fourth-order valence-electron chi connectivity index (χ4n) is 1.35. The van der Waals surface area contributed by atoms with Crippen LogP contribution in [0.5, 0.6) is 0 Å². The van der Waals surface area contributed by atoms with Crippen LogP contribution in [-0.2, 0) is 10.0 Å². The molecule has 0 saturated heterocycles. The number of thiophene rings is 1. The van der Waals surface area contributed by atoms with E-state index < -0.39 is 33.3 Å². The van der Waals surface area contributed by atoms with E-state index in [1.54, 1.807) is 0 Å². The first kappa shape index (κ1) is 14.4. The fourth-order valence-corrected chi connectivity index (χ4v) is 3.56. The molecule has 20 heavy (non-hydrogen) atoms. The number of halogens is 2. The van der Waals surface area contributed by atoms with Crippen molar-refractivity contribution in [3.05, 3.63) is 46.8 Å². The number of nitrogens with one attached hydrogen (secondary N) is 1. The smallest absolute Gasteiger partial charge is 0.345 e. The Hall–Kier alpha value is -2.00. The summed E-state index contributed by atoms with van der Waals surface area (Å²) in [7, 11) is -4.12. The van der Waals surface area contributed by atoms with E-state index in [9.17, 15) is 22.0 Å². The van der Waals surface area contributed by atoms with Gasteiger partial charge in [0, 0.05) is 6.07 Å². The zero-order valence-corrected chi connectivity index (χ0v) is 11.3. The molecule has 9 heteroatoms. The van der Waals surface area contributed by atoms with Crippen molar-refractivity contribution in [2.24, 2.45) is 0 Å². The van der Waals surface area contributed by atoms with Gasteiger partial charge in [0.05, 0.1) is 5.69 Å². The normalized spacial score (nSPS) is 11.3. The first-order chi connectivity index (χ1) is 9.29. The molecule has 0 spiro atoms. The van der Waals surface area contributed by atoms with Gasteiger partial charge in [0.15, 0.2) is 0 Å². The lowest BCUT2D eigenvalue weighted by atomic mass is 10.3. The number of aromatic carboxylic acids is 1. The average Bonchev–Trinajstić information content (AvgIpc) is 2.83. The van der Waals surface area contributed by atoms with Crippen molar-refractivity contribution in [2.45, 2.75) is 4.21 Å². The molecule has 0 saturated carbocycles. The zero-order valence-electron chi connectivity index (χ0n) is 9.63. The number of anilines is 1. The second kappa shape index (κ2) is 5.17. The maximum atomic E-state index is 13.4. The molecule has 0 fully saturated rings. The highest BCUT2D eigenvalue weighted by Crippen LogP contribution is 2.25. The van der Waals surface area contributed by atoms with Gasteiger partial charge in [-0.2, -0.15) is 0 Å². The highest BCUT2D eigenvalue weighted by Gasteiger charge is 2.20. The van der Waals surface area contributed by atoms with Gasteiger partial charge in [0.25, 0.3) is 10.0 Å². The van der Waals surface area contributed by atoms with Crippen LogP contribution < -0.4 is 4.72 Å². The third kappa shape index (κ3) is 2.94. The molecule has 0 aliphatic carbocycles. The molecule has 0 bridgehead atoms.